The van der Waals surface area contributed by atoms with Gasteiger partial charge in [0.25, 0.3) is 5.91 Å². The Morgan fingerprint density at radius 2 is 2.26 bits per heavy atom. The average Bonchev–Trinajstić information content (AvgIpc) is 2.36. The highest BCUT2D eigenvalue weighted by Gasteiger charge is 2.25. The standard InChI is InChI=1S/C14H18INO3/c1-10(2)8-18-6-5-16-12-4-3-11(15)7-13(12)19-9-14(16)17/h3-4,7,10H,5-6,8-9H2,1-2H3. The Morgan fingerprint density at radius 1 is 1.47 bits per heavy atom. The molecule has 1 aromatic carbocycles. The molecule has 104 valence electrons. The van der Waals surface area contributed by atoms with E-state index in [4.69, 9.17) is 9.47 Å². The van der Waals surface area contributed by atoms with Gasteiger partial charge in [0.15, 0.2) is 6.61 Å². The number of hydrogen-bond acceptors (Lipinski definition) is 3. The molecule has 0 saturated carbocycles. The zero-order valence-corrected chi connectivity index (χ0v) is 13.3. The maximum Gasteiger partial charge on any atom is 0.265 e. The van der Waals surface area contributed by atoms with Gasteiger partial charge < -0.3 is 14.4 Å². The molecular formula is C14H18INO3. The summed E-state index contributed by atoms with van der Waals surface area (Å²) in [7, 11) is 0. The van der Waals surface area contributed by atoms with Crippen LogP contribution in [0.1, 0.15) is 13.8 Å². The van der Waals surface area contributed by atoms with E-state index in [2.05, 4.69) is 36.4 Å². The molecule has 4 nitrogen and oxygen atoms in total. The molecular weight excluding hydrogens is 357 g/mol. The summed E-state index contributed by atoms with van der Waals surface area (Å²) >= 11 is 2.23. The second-order valence-electron chi connectivity index (χ2n) is 4.91. The number of halogens is 1. The fourth-order valence-corrected chi connectivity index (χ4v) is 2.36. The summed E-state index contributed by atoms with van der Waals surface area (Å²) in [5, 5.41) is 0. The first-order valence-electron chi connectivity index (χ1n) is 6.38. The number of fused-ring (bicyclic) bond motifs is 1. The summed E-state index contributed by atoms with van der Waals surface area (Å²) in [6, 6.07) is 5.85. The quantitative estimate of drug-likeness (QED) is 0.587. The molecule has 0 saturated heterocycles. The van der Waals surface area contributed by atoms with Gasteiger partial charge in [0.05, 0.1) is 12.3 Å². The third-order valence-electron chi connectivity index (χ3n) is 2.78. The molecule has 0 aromatic heterocycles. The molecule has 0 radical (unpaired) electrons. The van der Waals surface area contributed by atoms with Crippen LogP contribution in [0, 0.1) is 9.49 Å². The number of rotatable bonds is 5. The number of hydrogen-bond donors (Lipinski definition) is 0. The SMILES string of the molecule is CC(C)COCCN1C(=O)COc2cc(I)ccc21. The van der Waals surface area contributed by atoms with Crippen LogP contribution >= 0.6 is 22.6 Å². The molecule has 1 heterocycles. The van der Waals surface area contributed by atoms with Crippen molar-refractivity contribution in [2.24, 2.45) is 5.92 Å². The number of carbonyl (C=O) groups excluding carboxylic acids is 1. The Hall–Kier alpha value is -0.820. The van der Waals surface area contributed by atoms with Crippen molar-refractivity contribution in [3.8, 4) is 5.75 Å². The average molecular weight is 375 g/mol. The largest absolute Gasteiger partial charge is 0.482 e. The number of carbonyl (C=O) groups is 1. The monoisotopic (exact) mass is 375 g/mol. The van der Waals surface area contributed by atoms with Crippen LogP contribution < -0.4 is 9.64 Å². The molecule has 0 N–H and O–H groups in total. The number of ether oxygens (including phenoxy) is 2. The van der Waals surface area contributed by atoms with Crippen LogP contribution in [0.15, 0.2) is 18.2 Å². The van der Waals surface area contributed by atoms with E-state index in [0.717, 1.165) is 21.6 Å². The predicted molar refractivity (Wildman–Crippen MR) is 82.7 cm³/mol. The normalized spacial score (nSPS) is 14.5. The highest BCUT2D eigenvalue weighted by atomic mass is 127. The van der Waals surface area contributed by atoms with Crippen LogP contribution in [0.25, 0.3) is 0 Å². The highest BCUT2D eigenvalue weighted by molar-refractivity contribution is 14.1. The van der Waals surface area contributed by atoms with Gasteiger partial charge in [-0.3, -0.25) is 4.79 Å². The molecule has 0 aliphatic carbocycles. The van der Waals surface area contributed by atoms with Crippen LogP contribution in [-0.4, -0.2) is 32.3 Å². The van der Waals surface area contributed by atoms with Crippen molar-refractivity contribution in [2.75, 3.05) is 31.3 Å². The van der Waals surface area contributed by atoms with E-state index in [1.54, 1.807) is 4.90 Å². The highest BCUT2D eigenvalue weighted by Crippen LogP contribution is 2.33. The molecule has 1 aliphatic heterocycles. The van der Waals surface area contributed by atoms with Gasteiger partial charge in [-0.15, -0.1) is 0 Å². The Morgan fingerprint density at radius 3 is 3.00 bits per heavy atom. The minimum Gasteiger partial charge on any atom is -0.482 e. The van der Waals surface area contributed by atoms with Crippen molar-refractivity contribution < 1.29 is 14.3 Å². The van der Waals surface area contributed by atoms with Gasteiger partial charge >= 0.3 is 0 Å². The lowest BCUT2D eigenvalue weighted by Crippen LogP contribution is -2.40. The lowest BCUT2D eigenvalue weighted by molar-refractivity contribution is -0.121. The Kier molecular flexibility index (Phi) is 5.04. The van der Waals surface area contributed by atoms with Gasteiger partial charge in [-0.25, -0.2) is 0 Å². The van der Waals surface area contributed by atoms with Crippen molar-refractivity contribution in [3.05, 3.63) is 21.8 Å². The third kappa shape index (κ3) is 3.82. The molecule has 5 heteroatoms. The van der Waals surface area contributed by atoms with Crippen LogP contribution in [-0.2, 0) is 9.53 Å². The van der Waals surface area contributed by atoms with Gasteiger partial charge in [0, 0.05) is 16.7 Å². The topological polar surface area (TPSA) is 38.8 Å². The zero-order valence-electron chi connectivity index (χ0n) is 11.2. The van der Waals surface area contributed by atoms with Crippen LogP contribution in [0.4, 0.5) is 5.69 Å². The molecule has 0 unspecified atom stereocenters. The molecule has 2 rings (SSSR count). The smallest absolute Gasteiger partial charge is 0.265 e. The van der Waals surface area contributed by atoms with E-state index in [9.17, 15) is 4.79 Å². The lowest BCUT2D eigenvalue weighted by Gasteiger charge is -2.29. The van der Waals surface area contributed by atoms with E-state index in [1.165, 1.54) is 0 Å². The second kappa shape index (κ2) is 6.56. The number of anilines is 1. The molecule has 1 aliphatic rings. The van der Waals surface area contributed by atoms with Gasteiger partial charge in [-0.05, 0) is 46.7 Å². The maximum absolute atomic E-state index is 11.9. The third-order valence-corrected chi connectivity index (χ3v) is 3.45. The number of benzene rings is 1. The summed E-state index contributed by atoms with van der Waals surface area (Å²) < 4.78 is 12.1. The van der Waals surface area contributed by atoms with Gasteiger partial charge in [-0.2, -0.15) is 0 Å². The zero-order chi connectivity index (χ0) is 13.8. The summed E-state index contributed by atoms with van der Waals surface area (Å²) in [6.07, 6.45) is 0. The van der Waals surface area contributed by atoms with Gasteiger partial charge in [0.1, 0.15) is 5.75 Å². The van der Waals surface area contributed by atoms with Crippen molar-refractivity contribution in [3.63, 3.8) is 0 Å². The van der Waals surface area contributed by atoms with E-state index in [-0.39, 0.29) is 12.5 Å². The number of nitrogens with zero attached hydrogens (tertiary/aromatic N) is 1. The fourth-order valence-electron chi connectivity index (χ4n) is 1.90. The molecule has 0 bridgehead atoms. The first-order chi connectivity index (χ1) is 9.08. The van der Waals surface area contributed by atoms with Gasteiger partial charge in [-0.1, -0.05) is 13.8 Å². The molecule has 19 heavy (non-hydrogen) atoms. The predicted octanol–water partition coefficient (Wildman–Crippen LogP) is 2.69. The van der Waals surface area contributed by atoms with Crippen molar-refractivity contribution in [1.29, 1.82) is 0 Å². The molecule has 1 aromatic rings. The van der Waals surface area contributed by atoms with Crippen molar-refractivity contribution in [1.82, 2.24) is 0 Å². The van der Waals surface area contributed by atoms with Crippen molar-refractivity contribution >= 4 is 34.2 Å². The Labute approximate surface area is 127 Å². The Balaban J connectivity index is 2.02. The first kappa shape index (κ1) is 14.6. The Bertz CT molecular complexity index is 462. The molecule has 0 atom stereocenters. The minimum atomic E-state index is -0.0122. The molecule has 0 fully saturated rings. The number of amides is 1. The summed E-state index contributed by atoms with van der Waals surface area (Å²) in [6.45, 7) is 6.17. The molecule has 1 amide bonds. The van der Waals surface area contributed by atoms with E-state index < -0.39 is 0 Å². The van der Waals surface area contributed by atoms with E-state index in [0.29, 0.717) is 19.1 Å². The fraction of sp³-hybridized carbons (Fsp3) is 0.500. The summed E-state index contributed by atoms with van der Waals surface area (Å²) in [5.74, 6) is 1.27. The van der Waals surface area contributed by atoms with E-state index in [1.807, 2.05) is 18.2 Å². The van der Waals surface area contributed by atoms with Gasteiger partial charge in [0.2, 0.25) is 0 Å². The maximum atomic E-state index is 11.9. The summed E-state index contributed by atoms with van der Waals surface area (Å²) in [4.78, 5) is 13.7. The van der Waals surface area contributed by atoms with Crippen LogP contribution in [0.2, 0.25) is 0 Å². The second-order valence-corrected chi connectivity index (χ2v) is 6.16. The molecule has 0 spiro atoms. The lowest BCUT2D eigenvalue weighted by atomic mass is 10.2. The van der Waals surface area contributed by atoms with Crippen molar-refractivity contribution in [2.45, 2.75) is 13.8 Å². The van der Waals surface area contributed by atoms with Crippen LogP contribution in [0.3, 0.4) is 0 Å². The first-order valence-corrected chi connectivity index (χ1v) is 7.46. The van der Waals surface area contributed by atoms with Crippen LogP contribution in [0.5, 0.6) is 5.75 Å². The minimum absolute atomic E-state index is 0.0122. The summed E-state index contributed by atoms with van der Waals surface area (Å²) in [5.41, 5.74) is 0.838. The van der Waals surface area contributed by atoms with E-state index >= 15 is 0 Å².